The van der Waals surface area contributed by atoms with Crippen LogP contribution in [0.25, 0.3) is 0 Å². The Morgan fingerprint density at radius 1 is 0.933 bits per heavy atom. The zero-order valence-corrected chi connectivity index (χ0v) is 10.2. The molecule has 1 fully saturated rings. The van der Waals surface area contributed by atoms with Gasteiger partial charge in [0, 0.05) is 20.8 Å². The van der Waals surface area contributed by atoms with Gasteiger partial charge in [-0.1, -0.05) is 0 Å². The topological polar surface area (TPSA) is 36.9 Å². The highest BCUT2D eigenvalue weighted by Gasteiger charge is 2.43. The van der Waals surface area contributed by atoms with Crippen molar-refractivity contribution < 1.29 is 18.9 Å². The second kappa shape index (κ2) is 5.80. The second-order valence-corrected chi connectivity index (χ2v) is 3.87. The van der Waals surface area contributed by atoms with Crippen LogP contribution < -0.4 is 0 Å². The molecule has 1 heterocycles. The average molecular weight is 218 g/mol. The molecule has 1 unspecified atom stereocenters. The summed E-state index contributed by atoms with van der Waals surface area (Å²) >= 11 is 0. The van der Waals surface area contributed by atoms with Gasteiger partial charge in [0.25, 0.3) is 0 Å². The minimum Gasteiger partial charge on any atom is -0.376 e. The molecule has 4 nitrogen and oxygen atoms in total. The van der Waals surface area contributed by atoms with Gasteiger partial charge in [-0.15, -0.1) is 0 Å². The Kier molecular flexibility index (Phi) is 4.99. The molecule has 0 radical (unpaired) electrons. The lowest BCUT2D eigenvalue weighted by atomic mass is 9.96. The van der Waals surface area contributed by atoms with Gasteiger partial charge < -0.3 is 18.9 Å². The lowest BCUT2D eigenvalue weighted by molar-refractivity contribution is -0.238. The molecular formula is C11H22O4. The van der Waals surface area contributed by atoms with Gasteiger partial charge in [0.05, 0.1) is 12.2 Å². The summed E-state index contributed by atoms with van der Waals surface area (Å²) in [7, 11) is 3.36. The van der Waals surface area contributed by atoms with Gasteiger partial charge in [0.2, 0.25) is 0 Å². The van der Waals surface area contributed by atoms with Crippen LogP contribution in [0.3, 0.4) is 0 Å². The summed E-state index contributed by atoms with van der Waals surface area (Å²) in [5.74, 6) is 0. The predicted molar refractivity (Wildman–Crippen MR) is 57.0 cm³/mol. The van der Waals surface area contributed by atoms with Gasteiger partial charge in [-0.3, -0.25) is 0 Å². The van der Waals surface area contributed by atoms with E-state index in [1.54, 1.807) is 14.2 Å². The highest BCUT2D eigenvalue weighted by Crippen LogP contribution is 2.26. The van der Waals surface area contributed by atoms with Crippen LogP contribution in [-0.2, 0) is 18.9 Å². The number of ether oxygens (including phenoxy) is 4. The zero-order valence-electron chi connectivity index (χ0n) is 10.2. The summed E-state index contributed by atoms with van der Waals surface area (Å²) in [4.78, 5) is 0. The van der Waals surface area contributed by atoms with Crippen LogP contribution in [0.5, 0.6) is 0 Å². The molecule has 0 aromatic rings. The third-order valence-electron chi connectivity index (χ3n) is 2.91. The maximum absolute atomic E-state index is 5.74. The summed E-state index contributed by atoms with van der Waals surface area (Å²) < 4.78 is 22.3. The minimum absolute atomic E-state index is 0.0351. The van der Waals surface area contributed by atoms with E-state index >= 15 is 0 Å². The molecule has 90 valence electrons. The number of rotatable bonds is 4. The van der Waals surface area contributed by atoms with Crippen LogP contribution in [0, 0.1) is 0 Å². The van der Waals surface area contributed by atoms with E-state index in [1.165, 1.54) is 0 Å². The highest BCUT2D eigenvalue weighted by atomic mass is 16.6. The quantitative estimate of drug-likeness (QED) is 0.711. The monoisotopic (exact) mass is 218 g/mol. The second-order valence-electron chi connectivity index (χ2n) is 3.87. The van der Waals surface area contributed by atoms with Crippen molar-refractivity contribution in [1.29, 1.82) is 0 Å². The van der Waals surface area contributed by atoms with Crippen LogP contribution in [0.4, 0.5) is 0 Å². The van der Waals surface area contributed by atoms with E-state index in [-0.39, 0.29) is 30.5 Å². The Balaban J connectivity index is 2.77. The van der Waals surface area contributed by atoms with Gasteiger partial charge in [0.1, 0.15) is 18.3 Å². The van der Waals surface area contributed by atoms with Gasteiger partial charge in [-0.2, -0.15) is 0 Å². The van der Waals surface area contributed by atoms with E-state index in [0.717, 1.165) is 0 Å². The number of methoxy groups -OCH3 is 2. The fourth-order valence-corrected chi connectivity index (χ4v) is 2.25. The van der Waals surface area contributed by atoms with Gasteiger partial charge in [-0.25, -0.2) is 0 Å². The summed E-state index contributed by atoms with van der Waals surface area (Å²) in [6, 6.07) is 0. The Bertz CT molecular complexity index is 169. The van der Waals surface area contributed by atoms with Crippen molar-refractivity contribution in [3.05, 3.63) is 0 Å². The smallest absolute Gasteiger partial charge is 0.115 e. The highest BCUT2D eigenvalue weighted by molar-refractivity contribution is 4.91. The van der Waals surface area contributed by atoms with E-state index in [4.69, 9.17) is 18.9 Å². The first kappa shape index (κ1) is 12.9. The standard InChI is InChI=1S/C11H22O4/c1-6-14-11-9(12-4)7(2)15-8(3)10(11)13-5/h7-11H,6H2,1-5H3/t7-,8?,9-,10-,11+/m0/s1. The third kappa shape index (κ3) is 2.69. The lowest BCUT2D eigenvalue weighted by Gasteiger charge is -2.43. The van der Waals surface area contributed by atoms with Crippen LogP contribution >= 0.6 is 0 Å². The Labute approximate surface area is 91.8 Å². The SMILES string of the molecule is CCO[C@@H]1[C@@H](OC)[C@H](C)OC(C)[C@@H]1OC. The van der Waals surface area contributed by atoms with Gasteiger partial charge in [0.15, 0.2) is 0 Å². The molecule has 0 amide bonds. The molecular weight excluding hydrogens is 196 g/mol. The Morgan fingerprint density at radius 2 is 1.40 bits per heavy atom. The van der Waals surface area contributed by atoms with E-state index in [0.29, 0.717) is 6.61 Å². The first-order valence-electron chi connectivity index (χ1n) is 5.48. The summed E-state index contributed by atoms with van der Waals surface area (Å²) in [5, 5.41) is 0. The molecule has 5 atom stereocenters. The van der Waals surface area contributed by atoms with E-state index in [1.807, 2.05) is 20.8 Å². The molecule has 0 saturated carbocycles. The normalized spacial score (nSPS) is 41.8. The summed E-state index contributed by atoms with van der Waals surface area (Å²) in [5.41, 5.74) is 0. The first-order valence-corrected chi connectivity index (χ1v) is 5.48. The zero-order chi connectivity index (χ0) is 11.4. The van der Waals surface area contributed by atoms with Crippen molar-refractivity contribution in [1.82, 2.24) is 0 Å². The van der Waals surface area contributed by atoms with Gasteiger partial charge >= 0.3 is 0 Å². The molecule has 0 aliphatic carbocycles. The van der Waals surface area contributed by atoms with Crippen LogP contribution in [-0.4, -0.2) is 51.3 Å². The van der Waals surface area contributed by atoms with Crippen LogP contribution in [0.2, 0.25) is 0 Å². The van der Waals surface area contributed by atoms with E-state index < -0.39 is 0 Å². The van der Waals surface area contributed by atoms with E-state index in [2.05, 4.69) is 0 Å². The van der Waals surface area contributed by atoms with Crippen LogP contribution in [0.15, 0.2) is 0 Å². The van der Waals surface area contributed by atoms with Crippen molar-refractivity contribution in [3.63, 3.8) is 0 Å². The molecule has 0 N–H and O–H groups in total. The summed E-state index contributed by atoms with van der Waals surface area (Å²) in [6.07, 6.45) is -0.109. The van der Waals surface area contributed by atoms with Crippen molar-refractivity contribution in [2.75, 3.05) is 20.8 Å². The van der Waals surface area contributed by atoms with Crippen molar-refractivity contribution in [2.24, 2.45) is 0 Å². The lowest BCUT2D eigenvalue weighted by Crippen LogP contribution is -2.58. The minimum atomic E-state index is -0.0638. The molecule has 1 saturated heterocycles. The molecule has 0 spiro atoms. The number of hydrogen-bond donors (Lipinski definition) is 0. The average Bonchev–Trinajstić information content (AvgIpc) is 2.18. The fourth-order valence-electron chi connectivity index (χ4n) is 2.25. The van der Waals surface area contributed by atoms with Crippen molar-refractivity contribution >= 4 is 0 Å². The molecule has 1 rings (SSSR count). The Hall–Kier alpha value is -0.160. The first-order chi connectivity index (χ1) is 7.15. The Morgan fingerprint density at radius 3 is 1.73 bits per heavy atom. The van der Waals surface area contributed by atoms with Crippen molar-refractivity contribution in [2.45, 2.75) is 51.3 Å². The van der Waals surface area contributed by atoms with Gasteiger partial charge in [-0.05, 0) is 20.8 Å². The molecule has 0 aromatic heterocycles. The third-order valence-corrected chi connectivity index (χ3v) is 2.91. The van der Waals surface area contributed by atoms with Crippen LogP contribution in [0.1, 0.15) is 20.8 Å². The fraction of sp³-hybridized carbons (Fsp3) is 1.00. The molecule has 0 aromatic carbocycles. The molecule has 0 bridgehead atoms. The summed E-state index contributed by atoms with van der Waals surface area (Å²) in [6.45, 7) is 6.64. The van der Waals surface area contributed by atoms with E-state index in [9.17, 15) is 0 Å². The largest absolute Gasteiger partial charge is 0.376 e. The predicted octanol–water partition coefficient (Wildman–Crippen LogP) is 1.23. The molecule has 1 aliphatic heterocycles. The van der Waals surface area contributed by atoms with Crippen molar-refractivity contribution in [3.8, 4) is 0 Å². The number of hydrogen-bond acceptors (Lipinski definition) is 4. The maximum Gasteiger partial charge on any atom is 0.115 e. The molecule has 15 heavy (non-hydrogen) atoms. The molecule has 1 aliphatic rings. The molecule has 4 heteroatoms. The maximum atomic E-state index is 5.74.